The van der Waals surface area contributed by atoms with Gasteiger partial charge in [0.05, 0.1) is 11.8 Å². The van der Waals surface area contributed by atoms with Crippen LogP contribution in [0.2, 0.25) is 0 Å². The number of thiocarbonyl (C=S) groups is 1. The molecule has 1 rings (SSSR count). The van der Waals surface area contributed by atoms with Gasteiger partial charge in [-0.15, -0.1) is 0 Å². The van der Waals surface area contributed by atoms with Crippen LogP contribution >= 0.6 is 12.2 Å². The van der Waals surface area contributed by atoms with Crippen molar-refractivity contribution in [2.45, 2.75) is 20.3 Å². The zero-order valence-electron chi connectivity index (χ0n) is 11.9. The van der Waals surface area contributed by atoms with E-state index in [-0.39, 0.29) is 0 Å². The number of rotatable bonds is 7. The Kier molecular flexibility index (Phi) is 5.85. The van der Waals surface area contributed by atoms with Gasteiger partial charge in [0.2, 0.25) is 10.0 Å². The Morgan fingerprint density at radius 2 is 2.05 bits per heavy atom. The zero-order chi connectivity index (χ0) is 15.3. The summed E-state index contributed by atoms with van der Waals surface area (Å²) in [4.78, 5) is 4.68. The minimum atomic E-state index is -3.14. The van der Waals surface area contributed by atoms with Crippen LogP contribution < -0.4 is 15.8 Å². The number of pyridine rings is 1. The van der Waals surface area contributed by atoms with Gasteiger partial charge in [0.1, 0.15) is 10.8 Å². The maximum absolute atomic E-state index is 10.9. The van der Waals surface area contributed by atoms with E-state index in [9.17, 15) is 8.42 Å². The molecule has 112 valence electrons. The van der Waals surface area contributed by atoms with Gasteiger partial charge in [0.25, 0.3) is 0 Å². The Bertz CT molecular complexity index is 600. The number of hydrogen-bond donors (Lipinski definition) is 3. The van der Waals surface area contributed by atoms with Crippen molar-refractivity contribution < 1.29 is 8.42 Å². The zero-order valence-corrected chi connectivity index (χ0v) is 13.5. The van der Waals surface area contributed by atoms with Crippen LogP contribution in [0.5, 0.6) is 0 Å². The Labute approximate surface area is 125 Å². The Morgan fingerprint density at radius 1 is 1.40 bits per heavy atom. The predicted molar refractivity (Wildman–Crippen MR) is 85.6 cm³/mol. The lowest BCUT2D eigenvalue weighted by molar-refractivity contribution is 0.586. The molecule has 0 fully saturated rings. The minimum absolute atomic E-state index is 0.298. The Morgan fingerprint density at radius 3 is 2.60 bits per heavy atom. The van der Waals surface area contributed by atoms with Crippen LogP contribution in [0.15, 0.2) is 6.07 Å². The number of aromatic nitrogens is 1. The van der Waals surface area contributed by atoms with Crippen molar-refractivity contribution in [1.29, 1.82) is 0 Å². The van der Waals surface area contributed by atoms with Crippen molar-refractivity contribution in [3.05, 3.63) is 22.9 Å². The second kappa shape index (κ2) is 6.96. The summed E-state index contributed by atoms with van der Waals surface area (Å²) in [5.41, 5.74) is 8.30. The largest absolute Gasteiger partial charge is 0.389 e. The lowest BCUT2D eigenvalue weighted by Crippen LogP contribution is -2.25. The smallest absolute Gasteiger partial charge is 0.208 e. The molecule has 0 amide bonds. The van der Waals surface area contributed by atoms with Crippen LogP contribution in [0, 0.1) is 13.8 Å². The van der Waals surface area contributed by atoms with Gasteiger partial charge in [-0.05, 0) is 31.9 Å². The number of hydrogen-bond acceptors (Lipinski definition) is 5. The first-order valence-electron chi connectivity index (χ1n) is 6.17. The van der Waals surface area contributed by atoms with Crippen molar-refractivity contribution in [1.82, 2.24) is 9.71 Å². The molecule has 0 spiro atoms. The molecular formula is C12H20N4O2S2. The highest BCUT2D eigenvalue weighted by Gasteiger charge is 2.11. The molecule has 1 aromatic heterocycles. The van der Waals surface area contributed by atoms with Gasteiger partial charge in [0, 0.05) is 18.8 Å². The summed E-state index contributed by atoms with van der Waals surface area (Å²) in [6.45, 7) is 4.78. The fraction of sp³-hybridized carbons (Fsp3) is 0.500. The van der Waals surface area contributed by atoms with Crippen LogP contribution in [0.3, 0.4) is 0 Å². The third kappa shape index (κ3) is 5.40. The Balaban J connectivity index is 2.66. The lowest BCUT2D eigenvalue weighted by Gasteiger charge is -2.13. The maximum Gasteiger partial charge on any atom is 0.208 e. The van der Waals surface area contributed by atoms with Crippen LogP contribution in [0.25, 0.3) is 0 Å². The monoisotopic (exact) mass is 316 g/mol. The first kappa shape index (κ1) is 16.8. The predicted octanol–water partition coefficient (Wildman–Crippen LogP) is 0.684. The lowest BCUT2D eigenvalue weighted by atomic mass is 10.1. The molecule has 0 saturated heterocycles. The van der Waals surface area contributed by atoms with E-state index in [4.69, 9.17) is 18.0 Å². The van der Waals surface area contributed by atoms with Crippen molar-refractivity contribution in [2.75, 3.05) is 24.7 Å². The van der Waals surface area contributed by atoms with E-state index in [0.717, 1.165) is 23.1 Å². The van der Waals surface area contributed by atoms with Gasteiger partial charge in [-0.1, -0.05) is 12.2 Å². The second-order valence-electron chi connectivity index (χ2n) is 4.62. The molecule has 0 aromatic carbocycles. The molecular weight excluding hydrogens is 296 g/mol. The highest BCUT2D eigenvalue weighted by atomic mass is 32.2. The van der Waals surface area contributed by atoms with E-state index < -0.39 is 10.0 Å². The molecule has 0 saturated carbocycles. The second-order valence-corrected chi connectivity index (χ2v) is 6.89. The van der Waals surface area contributed by atoms with Gasteiger partial charge in [0.15, 0.2) is 0 Å². The van der Waals surface area contributed by atoms with Gasteiger partial charge < -0.3 is 11.1 Å². The minimum Gasteiger partial charge on any atom is -0.389 e. The first-order valence-corrected chi connectivity index (χ1v) is 8.47. The number of nitrogens with two attached hydrogens (primary N) is 1. The van der Waals surface area contributed by atoms with E-state index in [1.807, 2.05) is 19.9 Å². The van der Waals surface area contributed by atoms with Crippen molar-refractivity contribution >= 4 is 33.0 Å². The molecule has 20 heavy (non-hydrogen) atoms. The van der Waals surface area contributed by atoms with Crippen LogP contribution in [-0.4, -0.2) is 37.7 Å². The average Bonchev–Trinajstić information content (AvgIpc) is 2.25. The van der Waals surface area contributed by atoms with E-state index in [1.165, 1.54) is 0 Å². The number of nitrogens with zero attached hydrogens (tertiary/aromatic N) is 1. The van der Waals surface area contributed by atoms with Crippen LogP contribution in [-0.2, 0) is 10.0 Å². The van der Waals surface area contributed by atoms with E-state index in [1.54, 1.807) is 0 Å². The molecule has 0 unspecified atom stereocenters. The molecule has 0 aliphatic carbocycles. The molecule has 0 radical (unpaired) electrons. The number of aryl methyl sites for hydroxylation is 2. The molecule has 0 aliphatic heterocycles. The quantitative estimate of drug-likeness (QED) is 0.506. The van der Waals surface area contributed by atoms with Crippen molar-refractivity contribution in [3.63, 3.8) is 0 Å². The highest BCUT2D eigenvalue weighted by molar-refractivity contribution is 7.88. The van der Waals surface area contributed by atoms with E-state index in [0.29, 0.717) is 30.3 Å². The molecule has 0 atom stereocenters. The Hall–Kier alpha value is -1.25. The number of anilines is 1. The summed E-state index contributed by atoms with van der Waals surface area (Å²) in [6, 6.07) is 1.92. The maximum atomic E-state index is 10.9. The van der Waals surface area contributed by atoms with Gasteiger partial charge in [-0.25, -0.2) is 18.1 Å². The molecule has 6 nitrogen and oxygen atoms in total. The van der Waals surface area contributed by atoms with Crippen molar-refractivity contribution in [3.8, 4) is 0 Å². The molecule has 0 bridgehead atoms. The van der Waals surface area contributed by atoms with Crippen molar-refractivity contribution in [2.24, 2.45) is 5.73 Å². The SMILES string of the molecule is Cc1cc(C)c(C(N)=S)c(NCCCNS(C)(=O)=O)n1. The summed E-state index contributed by atoms with van der Waals surface area (Å²) < 4.78 is 24.3. The number of sulfonamides is 1. The van der Waals surface area contributed by atoms with Gasteiger partial charge >= 0.3 is 0 Å². The van der Waals surface area contributed by atoms with E-state index in [2.05, 4.69) is 15.0 Å². The normalized spacial score (nSPS) is 11.3. The summed E-state index contributed by atoms with van der Waals surface area (Å²) >= 11 is 5.04. The summed E-state index contributed by atoms with van der Waals surface area (Å²) in [6.07, 6.45) is 1.77. The standard InChI is InChI=1S/C12H20N4O2S2/c1-8-7-9(2)16-12(10(8)11(13)19)14-5-4-6-15-20(3,17)18/h7,15H,4-6H2,1-3H3,(H2,13,19)(H,14,16). The highest BCUT2D eigenvalue weighted by Crippen LogP contribution is 2.18. The first-order chi connectivity index (χ1) is 9.20. The van der Waals surface area contributed by atoms with Crippen LogP contribution in [0.1, 0.15) is 23.2 Å². The third-order valence-electron chi connectivity index (χ3n) is 2.60. The number of nitrogens with one attached hydrogen (secondary N) is 2. The fourth-order valence-electron chi connectivity index (χ4n) is 1.83. The third-order valence-corrected chi connectivity index (χ3v) is 3.53. The average molecular weight is 316 g/mol. The van der Waals surface area contributed by atoms with Gasteiger partial charge in [-0.2, -0.15) is 0 Å². The summed E-state index contributed by atoms with van der Waals surface area (Å²) in [5.74, 6) is 0.648. The molecule has 1 heterocycles. The van der Waals surface area contributed by atoms with Gasteiger partial charge in [-0.3, -0.25) is 0 Å². The molecule has 4 N–H and O–H groups in total. The fourth-order valence-corrected chi connectivity index (χ4v) is 2.60. The molecule has 8 heteroatoms. The van der Waals surface area contributed by atoms with E-state index >= 15 is 0 Å². The summed E-state index contributed by atoms with van der Waals surface area (Å²) in [7, 11) is -3.14. The van der Waals surface area contributed by atoms with Crippen LogP contribution in [0.4, 0.5) is 5.82 Å². The molecule has 0 aliphatic rings. The topological polar surface area (TPSA) is 97.1 Å². The molecule has 1 aromatic rings. The summed E-state index contributed by atoms with van der Waals surface area (Å²) in [5, 5.41) is 3.15.